The van der Waals surface area contributed by atoms with E-state index in [4.69, 9.17) is 4.74 Å². The third-order valence-corrected chi connectivity index (χ3v) is 3.61. The number of carbonyl (C=O) groups is 2. The molecule has 118 valence electrons. The zero-order chi connectivity index (χ0) is 16.2. The van der Waals surface area contributed by atoms with Gasteiger partial charge in [0.05, 0.1) is 6.61 Å². The van der Waals surface area contributed by atoms with E-state index < -0.39 is 0 Å². The number of hydrogen-bond donors (Lipinski definition) is 2. The molecule has 0 bridgehead atoms. The van der Waals surface area contributed by atoms with E-state index in [-0.39, 0.29) is 11.8 Å². The highest BCUT2D eigenvalue weighted by Crippen LogP contribution is 2.26. The average Bonchev–Trinajstić information content (AvgIpc) is 2.54. The lowest BCUT2D eigenvalue weighted by Gasteiger charge is -2.17. The lowest BCUT2D eigenvalue weighted by molar-refractivity contribution is -0.114. The maximum atomic E-state index is 12.4. The van der Waals surface area contributed by atoms with Crippen LogP contribution in [0.5, 0.6) is 5.75 Å². The highest BCUT2D eigenvalue weighted by Gasteiger charge is 2.14. The Morgan fingerprint density at radius 2 is 1.83 bits per heavy atom. The fourth-order valence-electron chi connectivity index (χ4n) is 2.58. The molecule has 5 nitrogen and oxygen atoms in total. The summed E-state index contributed by atoms with van der Waals surface area (Å²) in [6.07, 6.45) is 1.89. The van der Waals surface area contributed by atoms with Crippen molar-refractivity contribution in [1.29, 1.82) is 0 Å². The minimum Gasteiger partial charge on any atom is -0.493 e. The predicted octanol–water partition coefficient (Wildman–Crippen LogP) is 3.22. The van der Waals surface area contributed by atoms with Gasteiger partial charge in [0.25, 0.3) is 5.91 Å². The zero-order valence-electron chi connectivity index (χ0n) is 12.9. The van der Waals surface area contributed by atoms with Gasteiger partial charge in [-0.25, -0.2) is 0 Å². The summed E-state index contributed by atoms with van der Waals surface area (Å²) in [4.78, 5) is 23.5. The molecule has 0 atom stereocenters. The molecule has 2 amide bonds. The van der Waals surface area contributed by atoms with E-state index in [2.05, 4.69) is 10.6 Å². The quantitative estimate of drug-likeness (QED) is 0.914. The SMILES string of the molecule is CC(=O)Nc1cccc(NC(=O)c2ccc3c(c2)CCCO3)c1. The van der Waals surface area contributed by atoms with Crippen molar-refractivity contribution in [3.05, 3.63) is 53.6 Å². The van der Waals surface area contributed by atoms with Gasteiger partial charge in [-0.2, -0.15) is 0 Å². The van der Waals surface area contributed by atoms with E-state index in [1.807, 2.05) is 12.1 Å². The minimum atomic E-state index is -0.182. The van der Waals surface area contributed by atoms with Gasteiger partial charge in [0, 0.05) is 23.9 Å². The van der Waals surface area contributed by atoms with Gasteiger partial charge >= 0.3 is 0 Å². The summed E-state index contributed by atoms with van der Waals surface area (Å²) in [6.45, 7) is 2.18. The van der Waals surface area contributed by atoms with E-state index in [1.54, 1.807) is 30.3 Å². The Bertz CT molecular complexity index is 756. The fourth-order valence-corrected chi connectivity index (χ4v) is 2.58. The summed E-state index contributed by atoms with van der Waals surface area (Å²) in [5.41, 5.74) is 2.94. The summed E-state index contributed by atoms with van der Waals surface area (Å²) in [5.74, 6) is 0.530. The molecule has 0 spiro atoms. The largest absolute Gasteiger partial charge is 0.493 e. The number of hydrogen-bond acceptors (Lipinski definition) is 3. The van der Waals surface area contributed by atoms with E-state index in [0.29, 0.717) is 16.9 Å². The van der Waals surface area contributed by atoms with Gasteiger partial charge in [-0.05, 0) is 54.8 Å². The standard InChI is InChI=1S/C18H18N2O3/c1-12(21)19-15-5-2-6-16(11-15)20-18(22)14-7-8-17-13(10-14)4-3-9-23-17/h2,5-8,10-11H,3-4,9H2,1H3,(H,19,21)(H,20,22). The van der Waals surface area contributed by atoms with Gasteiger partial charge in [-0.3, -0.25) is 9.59 Å². The number of fused-ring (bicyclic) bond motifs is 1. The second-order valence-electron chi connectivity index (χ2n) is 5.49. The molecule has 5 heteroatoms. The molecule has 0 saturated heterocycles. The number of benzene rings is 2. The third kappa shape index (κ3) is 3.69. The molecule has 1 aliphatic heterocycles. The smallest absolute Gasteiger partial charge is 0.255 e. The Morgan fingerprint density at radius 3 is 2.61 bits per heavy atom. The van der Waals surface area contributed by atoms with Gasteiger partial charge < -0.3 is 15.4 Å². The molecular formula is C18H18N2O3. The lowest BCUT2D eigenvalue weighted by atomic mass is 10.0. The number of anilines is 2. The highest BCUT2D eigenvalue weighted by molar-refractivity contribution is 6.05. The van der Waals surface area contributed by atoms with Crippen LogP contribution in [0.1, 0.15) is 29.3 Å². The highest BCUT2D eigenvalue weighted by atomic mass is 16.5. The average molecular weight is 310 g/mol. The van der Waals surface area contributed by atoms with Crippen molar-refractivity contribution < 1.29 is 14.3 Å². The molecule has 0 unspecified atom stereocenters. The van der Waals surface area contributed by atoms with Gasteiger partial charge in [0.2, 0.25) is 5.91 Å². The van der Waals surface area contributed by atoms with E-state index in [0.717, 1.165) is 30.8 Å². The molecule has 0 fully saturated rings. The number of aryl methyl sites for hydroxylation is 1. The summed E-state index contributed by atoms with van der Waals surface area (Å²) in [6, 6.07) is 12.5. The summed E-state index contributed by atoms with van der Waals surface area (Å²) >= 11 is 0. The van der Waals surface area contributed by atoms with Crippen molar-refractivity contribution >= 4 is 23.2 Å². The van der Waals surface area contributed by atoms with Crippen molar-refractivity contribution in [3.63, 3.8) is 0 Å². The third-order valence-electron chi connectivity index (χ3n) is 3.61. The Labute approximate surface area is 134 Å². The first-order valence-corrected chi connectivity index (χ1v) is 7.56. The van der Waals surface area contributed by atoms with E-state index in [9.17, 15) is 9.59 Å². The first kappa shape index (κ1) is 15.1. The Kier molecular flexibility index (Phi) is 4.28. The second kappa shape index (κ2) is 6.52. The van der Waals surface area contributed by atoms with E-state index in [1.165, 1.54) is 6.92 Å². The van der Waals surface area contributed by atoms with Crippen molar-refractivity contribution in [3.8, 4) is 5.75 Å². The second-order valence-corrected chi connectivity index (χ2v) is 5.49. The van der Waals surface area contributed by atoms with E-state index >= 15 is 0 Å². The van der Waals surface area contributed by atoms with Crippen LogP contribution in [0.2, 0.25) is 0 Å². The lowest BCUT2D eigenvalue weighted by Crippen LogP contribution is -2.14. The van der Waals surface area contributed by atoms with Crippen LogP contribution in [0.3, 0.4) is 0 Å². The molecule has 0 saturated carbocycles. The maximum absolute atomic E-state index is 12.4. The monoisotopic (exact) mass is 310 g/mol. The van der Waals surface area contributed by atoms with Crippen LogP contribution in [0.25, 0.3) is 0 Å². The minimum absolute atomic E-state index is 0.150. The normalized spacial score (nSPS) is 12.7. The van der Waals surface area contributed by atoms with Crippen molar-refractivity contribution in [1.82, 2.24) is 0 Å². The van der Waals surface area contributed by atoms with Gasteiger partial charge in [0.1, 0.15) is 5.75 Å². The summed E-state index contributed by atoms with van der Waals surface area (Å²) in [5, 5.41) is 5.54. The molecule has 2 N–H and O–H groups in total. The molecule has 2 aromatic carbocycles. The number of amides is 2. The van der Waals surface area contributed by atoms with Crippen LogP contribution in [0.15, 0.2) is 42.5 Å². The van der Waals surface area contributed by atoms with Crippen LogP contribution < -0.4 is 15.4 Å². The number of ether oxygens (including phenoxy) is 1. The van der Waals surface area contributed by atoms with Gasteiger partial charge in [0.15, 0.2) is 0 Å². The molecule has 1 heterocycles. The topological polar surface area (TPSA) is 67.4 Å². The number of rotatable bonds is 3. The van der Waals surface area contributed by atoms with Gasteiger partial charge in [-0.1, -0.05) is 6.07 Å². The maximum Gasteiger partial charge on any atom is 0.255 e. The summed E-state index contributed by atoms with van der Waals surface area (Å²) in [7, 11) is 0. The van der Waals surface area contributed by atoms with Crippen LogP contribution in [0, 0.1) is 0 Å². The number of nitrogens with one attached hydrogen (secondary N) is 2. The molecular weight excluding hydrogens is 292 g/mol. The molecule has 3 rings (SSSR count). The number of carbonyl (C=O) groups excluding carboxylic acids is 2. The molecule has 0 aliphatic carbocycles. The Hall–Kier alpha value is -2.82. The van der Waals surface area contributed by atoms with Crippen molar-refractivity contribution in [2.24, 2.45) is 0 Å². The molecule has 0 aromatic heterocycles. The molecule has 1 aliphatic rings. The first-order chi connectivity index (χ1) is 11.1. The fraction of sp³-hybridized carbons (Fsp3) is 0.222. The Morgan fingerprint density at radius 1 is 1.04 bits per heavy atom. The van der Waals surface area contributed by atoms with Crippen LogP contribution in [-0.4, -0.2) is 18.4 Å². The molecule has 2 aromatic rings. The van der Waals surface area contributed by atoms with Gasteiger partial charge in [-0.15, -0.1) is 0 Å². The molecule has 23 heavy (non-hydrogen) atoms. The van der Waals surface area contributed by atoms with Crippen LogP contribution in [0.4, 0.5) is 11.4 Å². The predicted molar refractivity (Wildman–Crippen MR) is 89.0 cm³/mol. The molecule has 0 radical (unpaired) electrons. The van der Waals surface area contributed by atoms with Crippen molar-refractivity contribution in [2.75, 3.05) is 17.2 Å². The van der Waals surface area contributed by atoms with Crippen LogP contribution >= 0.6 is 0 Å². The van der Waals surface area contributed by atoms with Crippen molar-refractivity contribution in [2.45, 2.75) is 19.8 Å². The van der Waals surface area contributed by atoms with Crippen LogP contribution in [-0.2, 0) is 11.2 Å². The first-order valence-electron chi connectivity index (χ1n) is 7.56. The Balaban J connectivity index is 1.75. The zero-order valence-corrected chi connectivity index (χ0v) is 12.9. The summed E-state index contributed by atoms with van der Waals surface area (Å²) < 4.78 is 5.56.